The SMILES string of the molecule is CCCCCCCCCCCCCCCC(=O)OC[C@H](COC(=O)CCCCCCCCCCCCCCCCCCCCC(C)CC)OC(=O)CCCCCCCCC(C)C. The first-order valence-corrected chi connectivity index (χ1v) is 27.8. The van der Waals surface area contributed by atoms with Crippen LogP contribution >= 0.6 is 0 Å². The Morgan fingerprint density at radius 1 is 0.339 bits per heavy atom. The Balaban J connectivity index is 4.15. The van der Waals surface area contributed by atoms with Crippen molar-refractivity contribution in [3.8, 4) is 0 Å². The highest BCUT2D eigenvalue weighted by Crippen LogP contribution is 2.18. The van der Waals surface area contributed by atoms with Gasteiger partial charge in [0.05, 0.1) is 0 Å². The average Bonchev–Trinajstić information content (AvgIpc) is 3.26. The van der Waals surface area contributed by atoms with E-state index in [2.05, 4.69) is 34.6 Å². The zero-order valence-electron chi connectivity index (χ0n) is 42.5. The molecule has 1 unspecified atom stereocenters. The van der Waals surface area contributed by atoms with Crippen molar-refractivity contribution in [2.75, 3.05) is 13.2 Å². The van der Waals surface area contributed by atoms with Gasteiger partial charge in [-0.2, -0.15) is 0 Å². The maximum Gasteiger partial charge on any atom is 0.306 e. The van der Waals surface area contributed by atoms with E-state index in [1.54, 1.807) is 0 Å². The van der Waals surface area contributed by atoms with Crippen LogP contribution in [-0.2, 0) is 28.6 Å². The molecule has 0 aromatic heterocycles. The number of hydrogen-bond acceptors (Lipinski definition) is 6. The number of ether oxygens (including phenoxy) is 3. The Labute approximate surface area is 387 Å². The topological polar surface area (TPSA) is 78.9 Å². The predicted octanol–water partition coefficient (Wildman–Crippen LogP) is 18.1. The average molecular weight is 877 g/mol. The second kappa shape index (κ2) is 48.9. The van der Waals surface area contributed by atoms with Gasteiger partial charge in [-0.15, -0.1) is 0 Å². The van der Waals surface area contributed by atoms with Gasteiger partial charge in [0.15, 0.2) is 6.10 Å². The van der Waals surface area contributed by atoms with Crippen molar-refractivity contribution in [2.45, 2.75) is 317 Å². The highest BCUT2D eigenvalue weighted by atomic mass is 16.6. The third-order valence-corrected chi connectivity index (χ3v) is 13.1. The van der Waals surface area contributed by atoms with Crippen molar-refractivity contribution in [2.24, 2.45) is 11.8 Å². The zero-order chi connectivity index (χ0) is 45.4. The van der Waals surface area contributed by atoms with E-state index in [4.69, 9.17) is 14.2 Å². The van der Waals surface area contributed by atoms with Crippen molar-refractivity contribution in [3.63, 3.8) is 0 Å². The Morgan fingerprint density at radius 2 is 0.613 bits per heavy atom. The third kappa shape index (κ3) is 47.9. The third-order valence-electron chi connectivity index (χ3n) is 13.1. The Morgan fingerprint density at radius 3 is 0.919 bits per heavy atom. The van der Waals surface area contributed by atoms with Crippen LogP contribution in [0.3, 0.4) is 0 Å². The lowest BCUT2D eigenvalue weighted by atomic mass is 9.99. The van der Waals surface area contributed by atoms with E-state index >= 15 is 0 Å². The van der Waals surface area contributed by atoms with Gasteiger partial charge in [-0.05, 0) is 31.1 Å². The van der Waals surface area contributed by atoms with Crippen LogP contribution in [-0.4, -0.2) is 37.2 Å². The molecule has 0 aliphatic rings. The van der Waals surface area contributed by atoms with Crippen molar-refractivity contribution >= 4 is 17.9 Å². The number of unbranched alkanes of at least 4 members (excludes halogenated alkanes) is 34. The second-order valence-electron chi connectivity index (χ2n) is 19.9. The maximum atomic E-state index is 12.7. The summed E-state index contributed by atoms with van der Waals surface area (Å²) in [6.45, 7) is 11.4. The van der Waals surface area contributed by atoms with E-state index in [9.17, 15) is 14.4 Å². The summed E-state index contributed by atoms with van der Waals surface area (Å²) >= 11 is 0. The van der Waals surface area contributed by atoms with Crippen LogP contribution in [0.2, 0.25) is 0 Å². The number of carbonyl (C=O) groups excluding carboxylic acids is 3. The van der Waals surface area contributed by atoms with Gasteiger partial charge < -0.3 is 14.2 Å². The molecular weight excluding hydrogens is 769 g/mol. The first kappa shape index (κ1) is 60.4. The van der Waals surface area contributed by atoms with Gasteiger partial charge in [0.25, 0.3) is 0 Å². The minimum atomic E-state index is -0.762. The molecule has 0 N–H and O–H groups in total. The molecule has 6 nitrogen and oxygen atoms in total. The molecule has 6 heteroatoms. The molecule has 0 heterocycles. The molecule has 0 aliphatic carbocycles. The molecule has 0 saturated carbocycles. The van der Waals surface area contributed by atoms with Gasteiger partial charge >= 0.3 is 17.9 Å². The molecule has 0 aromatic rings. The summed E-state index contributed by atoms with van der Waals surface area (Å²) in [4.78, 5) is 37.9. The molecule has 0 aliphatic heterocycles. The summed E-state index contributed by atoms with van der Waals surface area (Å²) in [5.74, 6) is 0.819. The zero-order valence-corrected chi connectivity index (χ0v) is 42.5. The molecule has 0 saturated heterocycles. The van der Waals surface area contributed by atoms with Crippen molar-refractivity contribution < 1.29 is 28.6 Å². The predicted molar refractivity (Wildman–Crippen MR) is 266 cm³/mol. The number of rotatable bonds is 50. The van der Waals surface area contributed by atoms with Gasteiger partial charge in [0.2, 0.25) is 0 Å². The van der Waals surface area contributed by atoms with E-state index in [0.29, 0.717) is 19.3 Å². The first-order valence-electron chi connectivity index (χ1n) is 27.8. The number of carbonyl (C=O) groups is 3. The fourth-order valence-corrected chi connectivity index (χ4v) is 8.49. The maximum absolute atomic E-state index is 12.7. The lowest BCUT2D eigenvalue weighted by Gasteiger charge is -2.18. The molecule has 0 amide bonds. The Kier molecular flexibility index (Phi) is 47.6. The lowest BCUT2D eigenvalue weighted by molar-refractivity contribution is -0.167. The number of hydrogen-bond donors (Lipinski definition) is 0. The van der Waals surface area contributed by atoms with Crippen LogP contribution in [0.25, 0.3) is 0 Å². The largest absolute Gasteiger partial charge is 0.462 e. The van der Waals surface area contributed by atoms with E-state index < -0.39 is 6.10 Å². The fraction of sp³-hybridized carbons (Fsp3) is 0.946. The van der Waals surface area contributed by atoms with Gasteiger partial charge in [0, 0.05) is 19.3 Å². The van der Waals surface area contributed by atoms with Crippen molar-refractivity contribution in [1.29, 1.82) is 0 Å². The van der Waals surface area contributed by atoms with Crippen LogP contribution in [0.4, 0.5) is 0 Å². The van der Waals surface area contributed by atoms with Crippen LogP contribution in [0.5, 0.6) is 0 Å². The molecule has 62 heavy (non-hydrogen) atoms. The Hall–Kier alpha value is -1.59. The van der Waals surface area contributed by atoms with Crippen molar-refractivity contribution in [3.05, 3.63) is 0 Å². The Bertz CT molecular complexity index is 949. The summed E-state index contributed by atoms with van der Waals surface area (Å²) in [6, 6.07) is 0. The molecule has 0 aromatic carbocycles. The second-order valence-corrected chi connectivity index (χ2v) is 19.9. The van der Waals surface area contributed by atoms with Crippen molar-refractivity contribution in [1.82, 2.24) is 0 Å². The lowest BCUT2D eigenvalue weighted by Crippen LogP contribution is -2.30. The normalized spacial score (nSPS) is 12.5. The van der Waals surface area contributed by atoms with Gasteiger partial charge in [0.1, 0.15) is 13.2 Å². The molecular formula is C56H108O6. The fourth-order valence-electron chi connectivity index (χ4n) is 8.49. The summed E-state index contributed by atoms with van der Waals surface area (Å²) in [7, 11) is 0. The standard InChI is InChI=1S/C56H108O6/c1-6-8-9-10-11-12-13-20-24-27-30-36-41-46-54(57)60-49-53(62-56(59)48-43-38-33-32-34-39-44-51(3)4)50-61-55(58)47-42-37-31-28-25-22-19-17-15-14-16-18-21-23-26-29-35-40-45-52(5)7-2/h51-53H,6-50H2,1-5H3/t52?,53-/m1/s1. The molecule has 0 fully saturated rings. The molecule has 0 radical (unpaired) electrons. The van der Waals surface area contributed by atoms with E-state index in [-0.39, 0.29) is 31.1 Å². The summed E-state index contributed by atoms with van der Waals surface area (Å²) < 4.78 is 16.8. The summed E-state index contributed by atoms with van der Waals surface area (Å²) in [5.41, 5.74) is 0. The summed E-state index contributed by atoms with van der Waals surface area (Å²) in [6.07, 6.45) is 51.1. The van der Waals surface area contributed by atoms with E-state index in [1.807, 2.05) is 0 Å². The minimum Gasteiger partial charge on any atom is -0.462 e. The highest BCUT2D eigenvalue weighted by Gasteiger charge is 2.19. The van der Waals surface area contributed by atoms with Crippen LogP contribution in [0.15, 0.2) is 0 Å². The summed E-state index contributed by atoms with van der Waals surface area (Å²) in [5, 5.41) is 0. The van der Waals surface area contributed by atoms with E-state index in [0.717, 1.165) is 69.6 Å². The van der Waals surface area contributed by atoms with Crippen LogP contribution < -0.4 is 0 Å². The van der Waals surface area contributed by atoms with Crippen LogP contribution in [0, 0.1) is 11.8 Å². The van der Waals surface area contributed by atoms with Crippen LogP contribution in [0.1, 0.15) is 311 Å². The minimum absolute atomic E-state index is 0.0643. The highest BCUT2D eigenvalue weighted by molar-refractivity contribution is 5.71. The van der Waals surface area contributed by atoms with Gasteiger partial charge in [-0.25, -0.2) is 0 Å². The van der Waals surface area contributed by atoms with Gasteiger partial charge in [-0.1, -0.05) is 272 Å². The van der Waals surface area contributed by atoms with E-state index in [1.165, 1.54) is 199 Å². The first-order chi connectivity index (χ1) is 30.3. The molecule has 368 valence electrons. The molecule has 0 bridgehead atoms. The smallest absolute Gasteiger partial charge is 0.306 e. The monoisotopic (exact) mass is 877 g/mol. The number of esters is 3. The molecule has 0 spiro atoms. The molecule has 2 atom stereocenters. The quantitative estimate of drug-likeness (QED) is 0.0344. The van der Waals surface area contributed by atoms with Gasteiger partial charge in [-0.3, -0.25) is 14.4 Å². The molecule has 0 rings (SSSR count).